The molecule has 3 aromatic carbocycles. The van der Waals surface area contributed by atoms with Crippen molar-refractivity contribution in [1.82, 2.24) is 0 Å². The van der Waals surface area contributed by atoms with Crippen LogP contribution in [0.1, 0.15) is 39.2 Å². The molecule has 4 atom stereocenters. The van der Waals surface area contributed by atoms with E-state index in [-0.39, 0.29) is 12.2 Å². The van der Waals surface area contributed by atoms with Gasteiger partial charge in [-0.05, 0) is 46.2 Å². The fraction of sp³-hybridized carbons (Fsp3) is 0.355. The predicted octanol–water partition coefficient (Wildman–Crippen LogP) is 6.36. The first-order valence-electron chi connectivity index (χ1n) is 12.6. The lowest BCUT2D eigenvalue weighted by Crippen LogP contribution is -2.63. The molecule has 2 nitrogen and oxygen atoms in total. The summed E-state index contributed by atoms with van der Waals surface area (Å²) in [5.41, 5.74) is 1.63. The number of hydrogen-bond donors (Lipinski definition) is 0. The topological polar surface area (TPSA) is 18.5 Å². The summed E-state index contributed by atoms with van der Waals surface area (Å²) in [4.78, 5) is 0. The Kier molecular flexibility index (Phi) is 8.20. The average Bonchev–Trinajstić information content (AvgIpc) is 3.26. The zero-order valence-electron chi connectivity index (χ0n) is 20.8. The molecule has 0 N–H and O–H groups in total. The third-order valence-corrected chi connectivity index (χ3v) is 12.2. The van der Waals surface area contributed by atoms with E-state index >= 15 is 0 Å². The standard InChI is InChI=1S/C31H38O2Si/c1-5-15-27-22-30(25(4)31(24(2)3)32-23-26-16-9-6-10-17-26)34(33-27,28-18-11-7-12-19-28)29-20-13-8-14-21-29/h5-14,16-21,24-25,27,30-31H,1,15,22-23H2,2-4H3/t25-,27+,30-,31-/m1/s1. The fourth-order valence-electron chi connectivity index (χ4n) is 5.81. The summed E-state index contributed by atoms with van der Waals surface area (Å²) in [6.07, 6.45) is 4.28. The van der Waals surface area contributed by atoms with E-state index in [0.29, 0.717) is 24.0 Å². The van der Waals surface area contributed by atoms with Gasteiger partial charge in [-0.1, -0.05) is 118 Å². The van der Waals surface area contributed by atoms with Crippen LogP contribution in [0.4, 0.5) is 0 Å². The minimum absolute atomic E-state index is 0.149. The van der Waals surface area contributed by atoms with Gasteiger partial charge in [0.2, 0.25) is 0 Å². The summed E-state index contributed by atoms with van der Waals surface area (Å²) >= 11 is 0. The number of rotatable bonds is 10. The molecule has 0 radical (unpaired) electrons. The fourth-order valence-corrected chi connectivity index (χ4v) is 11.1. The van der Waals surface area contributed by atoms with Crippen LogP contribution in [0.25, 0.3) is 0 Å². The van der Waals surface area contributed by atoms with Gasteiger partial charge in [-0.3, -0.25) is 0 Å². The molecule has 0 unspecified atom stereocenters. The second kappa shape index (κ2) is 11.3. The second-order valence-electron chi connectivity index (χ2n) is 9.94. The van der Waals surface area contributed by atoms with Crippen molar-refractivity contribution in [2.45, 2.75) is 58.0 Å². The van der Waals surface area contributed by atoms with E-state index in [1.807, 2.05) is 6.08 Å². The van der Waals surface area contributed by atoms with Crippen molar-refractivity contribution in [3.8, 4) is 0 Å². The lowest BCUT2D eigenvalue weighted by molar-refractivity contribution is -0.0259. The molecule has 1 saturated heterocycles. The SMILES string of the molecule is C=CC[C@H]1C[C@H]([C@@H](C)[C@H](OCc2ccccc2)C(C)C)[Si](c2ccccc2)(c2ccccc2)O1. The van der Waals surface area contributed by atoms with Gasteiger partial charge in [0.25, 0.3) is 8.32 Å². The van der Waals surface area contributed by atoms with Gasteiger partial charge in [0.1, 0.15) is 0 Å². The van der Waals surface area contributed by atoms with Crippen molar-refractivity contribution in [1.29, 1.82) is 0 Å². The van der Waals surface area contributed by atoms with E-state index in [0.717, 1.165) is 12.8 Å². The molecule has 1 aliphatic heterocycles. The van der Waals surface area contributed by atoms with Gasteiger partial charge in [-0.25, -0.2) is 0 Å². The van der Waals surface area contributed by atoms with Crippen molar-refractivity contribution in [2.75, 3.05) is 0 Å². The van der Waals surface area contributed by atoms with Crippen LogP contribution in [-0.4, -0.2) is 20.5 Å². The normalized spacial score (nSPS) is 21.3. The highest BCUT2D eigenvalue weighted by Crippen LogP contribution is 2.46. The van der Waals surface area contributed by atoms with E-state index in [9.17, 15) is 0 Å². The van der Waals surface area contributed by atoms with E-state index in [2.05, 4.69) is 118 Å². The highest BCUT2D eigenvalue weighted by molar-refractivity contribution is 6.99. The maximum Gasteiger partial charge on any atom is 0.259 e. The lowest BCUT2D eigenvalue weighted by atomic mass is 9.89. The van der Waals surface area contributed by atoms with Crippen molar-refractivity contribution < 1.29 is 9.16 Å². The monoisotopic (exact) mass is 470 g/mol. The Morgan fingerprint density at radius 2 is 1.41 bits per heavy atom. The molecule has 1 fully saturated rings. The molecule has 4 rings (SSSR count). The molecular weight excluding hydrogens is 432 g/mol. The zero-order chi connectivity index (χ0) is 24.0. The first kappa shape index (κ1) is 24.7. The molecule has 0 spiro atoms. The van der Waals surface area contributed by atoms with Crippen LogP contribution in [-0.2, 0) is 15.8 Å². The summed E-state index contributed by atoms with van der Waals surface area (Å²) < 4.78 is 13.9. The van der Waals surface area contributed by atoms with E-state index in [1.165, 1.54) is 15.9 Å². The van der Waals surface area contributed by atoms with Crippen molar-refractivity contribution in [3.63, 3.8) is 0 Å². The molecular formula is C31H38O2Si. The van der Waals surface area contributed by atoms with Gasteiger partial charge in [-0.2, -0.15) is 0 Å². The molecule has 0 amide bonds. The molecule has 0 aromatic heterocycles. The van der Waals surface area contributed by atoms with Gasteiger partial charge < -0.3 is 9.16 Å². The minimum Gasteiger partial charge on any atom is -0.404 e. The van der Waals surface area contributed by atoms with Crippen molar-refractivity contribution >= 4 is 18.7 Å². The van der Waals surface area contributed by atoms with Crippen LogP contribution in [0.2, 0.25) is 5.54 Å². The van der Waals surface area contributed by atoms with Crippen LogP contribution in [0.15, 0.2) is 104 Å². The van der Waals surface area contributed by atoms with E-state index < -0.39 is 8.32 Å². The van der Waals surface area contributed by atoms with Gasteiger partial charge in [0.05, 0.1) is 12.7 Å². The number of benzene rings is 3. The molecule has 178 valence electrons. The Morgan fingerprint density at radius 3 is 1.91 bits per heavy atom. The Bertz CT molecular complexity index is 980. The summed E-state index contributed by atoms with van der Waals surface area (Å²) in [6, 6.07) is 32.5. The van der Waals surface area contributed by atoms with Gasteiger partial charge >= 0.3 is 0 Å². The van der Waals surface area contributed by atoms with Gasteiger partial charge in [0, 0.05) is 6.10 Å². The third-order valence-electron chi connectivity index (χ3n) is 7.32. The Labute approximate surface area is 206 Å². The number of hydrogen-bond acceptors (Lipinski definition) is 2. The molecule has 0 aliphatic carbocycles. The summed E-state index contributed by atoms with van der Waals surface area (Å²) in [5, 5.41) is 2.71. The summed E-state index contributed by atoms with van der Waals surface area (Å²) in [7, 11) is -2.52. The minimum atomic E-state index is -2.52. The molecule has 34 heavy (non-hydrogen) atoms. The third kappa shape index (κ3) is 5.12. The Hall–Kier alpha value is -2.46. The molecule has 1 aliphatic rings. The lowest BCUT2D eigenvalue weighted by Gasteiger charge is -2.40. The largest absolute Gasteiger partial charge is 0.404 e. The first-order chi connectivity index (χ1) is 16.6. The Balaban J connectivity index is 1.74. The number of ether oxygens (including phenoxy) is 1. The van der Waals surface area contributed by atoms with Crippen LogP contribution in [0, 0.1) is 11.8 Å². The van der Waals surface area contributed by atoms with Gasteiger partial charge in [0.15, 0.2) is 0 Å². The maximum absolute atomic E-state index is 7.20. The zero-order valence-corrected chi connectivity index (χ0v) is 21.8. The van der Waals surface area contributed by atoms with E-state index in [4.69, 9.17) is 9.16 Å². The van der Waals surface area contributed by atoms with Crippen LogP contribution in [0.3, 0.4) is 0 Å². The first-order valence-corrected chi connectivity index (χ1v) is 14.6. The Morgan fingerprint density at radius 1 is 0.882 bits per heavy atom. The highest BCUT2D eigenvalue weighted by atomic mass is 28.4. The maximum atomic E-state index is 7.20. The van der Waals surface area contributed by atoms with Crippen LogP contribution in [0.5, 0.6) is 0 Å². The van der Waals surface area contributed by atoms with Gasteiger partial charge in [-0.15, -0.1) is 6.58 Å². The smallest absolute Gasteiger partial charge is 0.259 e. The summed E-state index contributed by atoms with van der Waals surface area (Å²) in [6.45, 7) is 11.6. The predicted molar refractivity (Wildman–Crippen MR) is 145 cm³/mol. The molecule has 0 saturated carbocycles. The van der Waals surface area contributed by atoms with Crippen LogP contribution >= 0.6 is 0 Å². The average molecular weight is 471 g/mol. The quantitative estimate of drug-likeness (QED) is 0.254. The molecule has 3 aromatic rings. The molecule has 0 bridgehead atoms. The van der Waals surface area contributed by atoms with E-state index in [1.54, 1.807) is 0 Å². The molecule has 3 heteroatoms. The summed E-state index contributed by atoms with van der Waals surface area (Å²) in [5.74, 6) is 0.765. The second-order valence-corrected chi connectivity index (χ2v) is 13.5. The van der Waals surface area contributed by atoms with Crippen LogP contribution < -0.4 is 10.4 Å². The van der Waals surface area contributed by atoms with Crippen molar-refractivity contribution in [3.05, 3.63) is 109 Å². The van der Waals surface area contributed by atoms with Crippen molar-refractivity contribution in [2.24, 2.45) is 11.8 Å². The highest BCUT2D eigenvalue weighted by Gasteiger charge is 2.56. The molecule has 1 heterocycles.